The van der Waals surface area contributed by atoms with Gasteiger partial charge in [-0.15, -0.1) is 0 Å². The van der Waals surface area contributed by atoms with Crippen LogP contribution in [0.4, 0.5) is 8.78 Å². The third-order valence-electron chi connectivity index (χ3n) is 1.24. The molecule has 1 heterocycles. The highest BCUT2D eigenvalue weighted by molar-refractivity contribution is 9.10. The second kappa shape index (κ2) is 3.53. The molecule has 0 unspecified atom stereocenters. The van der Waals surface area contributed by atoms with Crippen LogP contribution in [0.5, 0.6) is 0 Å². The maximum atomic E-state index is 12.1. The maximum Gasteiger partial charge on any atom is 0.266 e. The number of H-pyrrole nitrogens is 1. The third-order valence-corrected chi connectivity index (χ3v) is 2.63. The molecule has 66 valence electrons. The molecule has 1 aromatic rings. The van der Waals surface area contributed by atoms with Crippen molar-refractivity contribution in [3.8, 4) is 0 Å². The number of halogens is 4. The first-order valence-electron chi connectivity index (χ1n) is 2.88. The molecule has 0 aliphatic rings. The molecule has 0 radical (unpaired) electrons. The van der Waals surface area contributed by atoms with Crippen LogP contribution in [-0.4, -0.2) is 4.98 Å². The maximum absolute atomic E-state index is 12.1. The van der Waals surface area contributed by atoms with Crippen molar-refractivity contribution in [1.29, 1.82) is 0 Å². The van der Waals surface area contributed by atoms with Gasteiger partial charge in [-0.1, -0.05) is 11.6 Å². The molecule has 1 rings (SSSR count). The van der Waals surface area contributed by atoms with Crippen LogP contribution < -0.4 is 5.56 Å². The number of alkyl halides is 2. The van der Waals surface area contributed by atoms with Crippen LogP contribution in [0.25, 0.3) is 0 Å². The fraction of sp³-hybridized carbons (Fsp3) is 0.167. The average Bonchev–Trinajstić information content (AvgIpc) is 2.00. The van der Waals surface area contributed by atoms with Gasteiger partial charge >= 0.3 is 0 Å². The SMILES string of the molecule is O=c1[nH]cc(C(F)F)c(Cl)c1Br. The summed E-state index contributed by atoms with van der Waals surface area (Å²) in [6, 6.07) is 0. The molecule has 0 amide bonds. The van der Waals surface area contributed by atoms with Crippen molar-refractivity contribution in [3.05, 3.63) is 31.6 Å². The average molecular weight is 258 g/mol. The molecule has 0 aliphatic carbocycles. The zero-order chi connectivity index (χ0) is 9.30. The number of nitrogens with one attached hydrogen (secondary N) is 1. The van der Waals surface area contributed by atoms with Crippen molar-refractivity contribution in [1.82, 2.24) is 4.98 Å². The van der Waals surface area contributed by atoms with Crippen LogP contribution in [0, 0.1) is 0 Å². The van der Waals surface area contributed by atoms with Gasteiger partial charge in [0.25, 0.3) is 12.0 Å². The number of pyridine rings is 1. The van der Waals surface area contributed by atoms with Gasteiger partial charge in [-0.3, -0.25) is 4.79 Å². The highest BCUT2D eigenvalue weighted by Gasteiger charge is 2.15. The van der Waals surface area contributed by atoms with E-state index in [9.17, 15) is 13.6 Å². The largest absolute Gasteiger partial charge is 0.328 e. The fourth-order valence-corrected chi connectivity index (χ4v) is 1.22. The smallest absolute Gasteiger partial charge is 0.266 e. The Morgan fingerprint density at radius 1 is 1.58 bits per heavy atom. The van der Waals surface area contributed by atoms with E-state index >= 15 is 0 Å². The zero-order valence-electron chi connectivity index (χ0n) is 5.57. The number of rotatable bonds is 1. The van der Waals surface area contributed by atoms with Crippen LogP contribution >= 0.6 is 27.5 Å². The minimum Gasteiger partial charge on any atom is -0.328 e. The summed E-state index contributed by atoms with van der Waals surface area (Å²) >= 11 is 8.24. The summed E-state index contributed by atoms with van der Waals surface area (Å²) < 4.78 is 24.2. The Bertz CT molecular complexity index is 352. The molecular formula is C6H3BrClF2NO. The minimum atomic E-state index is -2.69. The van der Waals surface area contributed by atoms with E-state index in [2.05, 4.69) is 20.9 Å². The summed E-state index contributed by atoms with van der Waals surface area (Å²) in [6.07, 6.45) is -1.79. The lowest BCUT2D eigenvalue weighted by Gasteiger charge is -2.02. The summed E-state index contributed by atoms with van der Waals surface area (Å²) in [5, 5.41) is -0.242. The van der Waals surface area contributed by atoms with Crippen molar-refractivity contribution in [2.75, 3.05) is 0 Å². The zero-order valence-corrected chi connectivity index (χ0v) is 7.92. The molecule has 0 aromatic carbocycles. The minimum absolute atomic E-state index is 0.0676. The Kier molecular flexibility index (Phi) is 2.85. The molecular weight excluding hydrogens is 255 g/mol. The molecule has 0 saturated heterocycles. The van der Waals surface area contributed by atoms with Crippen molar-refractivity contribution in [2.24, 2.45) is 0 Å². The molecule has 2 nitrogen and oxygen atoms in total. The van der Waals surface area contributed by atoms with Gasteiger partial charge in [0.05, 0.1) is 10.6 Å². The third kappa shape index (κ3) is 1.67. The molecule has 0 spiro atoms. The molecule has 1 N–H and O–H groups in total. The lowest BCUT2D eigenvalue weighted by atomic mass is 10.3. The predicted molar refractivity (Wildman–Crippen MR) is 44.7 cm³/mol. The van der Waals surface area contributed by atoms with Gasteiger partial charge in [0.15, 0.2) is 0 Å². The van der Waals surface area contributed by atoms with Crippen LogP contribution in [0.1, 0.15) is 12.0 Å². The highest BCUT2D eigenvalue weighted by atomic mass is 79.9. The second-order valence-corrected chi connectivity index (χ2v) is 3.17. The molecule has 0 fully saturated rings. The van der Waals surface area contributed by atoms with Crippen LogP contribution in [-0.2, 0) is 0 Å². The second-order valence-electron chi connectivity index (χ2n) is 2.00. The van der Waals surface area contributed by atoms with E-state index in [1.54, 1.807) is 0 Å². The predicted octanol–water partition coefficient (Wildman–Crippen LogP) is 2.73. The number of aromatic nitrogens is 1. The van der Waals surface area contributed by atoms with Crippen molar-refractivity contribution in [2.45, 2.75) is 6.43 Å². The Labute approximate surface area is 79.7 Å². The topological polar surface area (TPSA) is 32.9 Å². The monoisotopic (exact) mass is 257 g/mol. The quantitative estimate of drug-likeness (QED) is 0.825. The van der Waals surface area contributed by atoms with Crippen LogP contribution in [0.15, 0.2) is 15.5 Å². The number of hydrogen-bond donors (Lipinski definition) is 1. The van der Waals surface area contributed by atoms with Crippen molar-refractivity contribution in [3.63, 3.8) is 0 Å². The molecule has 6 heteroatoms. The van der Waals surface area contributed by atoms with E-state index in [0.29, 0.717) is 0 Å². The van der Waals surface area contributed by atoms with Crippen LogP contribution in [0.3, 0.4) is 0 Å². The van der Waals surface area contributed by atoms with Gasteiger partial charge in [-0.2, -0.15) is 0 Å². The molecule has 12 heavy (non-hydrogen) atoms. The van der Waals surface area contributed by atoms with E-state index in [0.717, 1.165) is 6.20 Å². The Hall–Kier alpha value is -0.420. The van der Waals surface area contributed by atoms with E-state index < -0.39 is 12.0 Å². The summed E-state index contributed by atoms with van der Waals surface area (Å²) in [5.74, 6) is 0. The van der Waals surface area contributed by atoms with E-state index in [1.807, 2.05) is 0 Å². The van der Waals surface area contributed by atoms with Gasteiger partial charge in [0.2, 0.25) is 0 Å². The molecule has 1 aromatic heterocycles. The van der Waals surface area contributed by atoms with E-state index in [1.165, 1.54) is 0 Å². The molecule has 0 bridgehead atoms. The number of hydrogen-bond acceptors (Lipinski definition) is 1. The molecule has 0 saturated carbocycles. The first-order valence-corrected chi connectivity index (χ1v) is 4.06. The lowest BCUT2D eigenvalue weighted by Crippen LogP contribution is -2.08. The fourth-order valence-electron chi connectivity index (χ4n) is 0.655. The van der Waals surface area contributed by atoms with Crippen molar-refractivity contribution < 1.29 is 8.78 Å². The molecule has 0 atom stereocenters. The lowest BCUT2D eigenvalue weighted by molar-refractivity contribution is 0.151. The summed E-state index contributed by atoms with van der Waals surface area (Å²) in [5.41, 5.74) is -0.910. The van der Waals surface area contributed by atoms with Gasteiger partial charge in [0.1, 0.15) is 4.47 Å². The van der Waals surface area contributed by atoms with Gasteiger partial charge in [-0.25, -0.2) is 8.78 Å². The van der Waals surface area contributed by atoms with Crippen LogP contribution in [0.2, 0.25) is 5.02 Å². The van der Waals surface area contributed by atoms with Crippen molar-refractivity contribution >= 4 is 27.5 Å². The Morgan fingerprint density at radius 3 is 2.67 bits per heavy atom. The highest BCUT2D eigenvalue weighted by Crippen LogP contribution is 2.29. The first-order chi connectivity index (χ1) is 5.54. The standard InChI is InChI=1S/C6H3BrClF2NO/c7-3-4(8)2(5(9)10)1-11-6(3)12/h1,5H,(H,11,12). The summed E-state index contributed by atoms with van der Waals surface area (Å²) in [7, 11) is 0. The normalized spacial score (nSPS) is 10.8. The Balaban J connectivity index is 3.36. The van der Waals surface area contributed by atoms with Gasteiger partial charge < -0.3 is 4.98 Å². The van der Waals surface area contributed by atoms with Gasteiger partial charge in [0, 0.05) is 6.20 Å². The molecule has 0 aliphatic heterocycles. The number of aromatic amines is 1. The Morgan fingerprint density at radius 2 is 2.17 bits per heavy atom. The summed E-state index contributed by atoms with van der Waals surface area (Å²) in [4.78, 5) is 12.9. The first kappa shape index (κ1) is 9.67. The van der Waals surface area contributed by atoms with E-state index in [-0.39, 0.29) is 15.1 Å². The van der Waals surface area contributed by atoms with Gasteiger partial charge in [-0.05, 0) is 15.9 Å². The summed E-state index contributed by atoms with van der Waals surface area (Å²) in [6.45, 7) is 0. The van der Waals surface area contributed by atoms with E-state index in [4.69, 9.17) is 11.6 Å².